The summed E-state index contributed by atoms with van der Waals surface area (Å²) in [6.07, 6.45) is 9.33. The maximum Gasteiger partial charge on any atom is 0.221 e. The molecule has 196 valence electrons. The fraction of sp³-hybridized carbons (Fsp3) is 0.429. The minimum Gasteiger partial charge on any atom is -0.373 e. The highest BCUT2D eigenvalue weighted by Crippen LogP contribution is 2.42. The molecular formula is C28H34Cl2N6O. The fourth-order valence-electron chi connectivity index (χ4n) is 4.94. The summed E-state index contributed by atoms with van der Waals surface area (Å²) in [5.41, 5.74) is 2.03. The van der Waals surface area contributed by atoms with E-state index in [9.17, 15) is 4.79 Å². The number of allylic oxidation sites excluding steroid dienone is 1. The first-order valence-electron chi connectivity index (χ1n) is 12.6. The van der Waals surface area contributed by atoms with Crippen molar-refractivity contribution in [3.8, 4) is 0 Å². The molecule has 1 atom stereocenters. The lowest BCUT2D eigenvalue weighted by molar-refractivity contribution is -0.114. The molecule has 37 heavy (non-hydrogen) atoms. The van der Waals surface area contributed by atoms with E-state index in [0.29, 0.717) is 10.0 Å². The molecular weight excluding hydrogens is 507 g/mol. The molecule has 1 amide bonds. The molecule has 1 aliphatic carbocycles. The Balaban J connectivity index is 1.70. The lowest BCUT2D eigenvalue weighted by Gasteiger charge is -2.39. The van der Waals surface area contributed by atoms with Crippen molar-refractivity contribution in [2.24, 2.45) is 5.41 Å². The van der Waals surface area contributed by atoms with Gasteiger partial charge in [-0.15, -0.1) is 5.10 Å². The number of nitrogens with one attached hydrogen (secondary N) is 2. The summed E-state index contributed by atoms with van der Waals surface area (Å²) in [5, 5.41) is 21.0. The quantitative estimate of drug-likeness (QED) is 0.323. The van der Waals surface area contributed by atoms with Gasteiger partial charge in [-0.2, -0.15) is 0 Å². The molecule has 1 fully saturated rings. The van der Waals surface area contributed by atoms with Crippen molar-refractivity contribution in [1.29, 1.82) is 0 Å². The Hall–Kier alpha value is -2.90. The second-order valence-corrected chi connectivity index (χ2v) is 11.7. The Morgan fingerprint density at radius 1 is 1.05 bits per heavy atom. The number of halogens is 2. The molecule has 0 radical (unpaired) electrons. The zero-order valence-electron chi connectivity index (χ0n) is 21.8. The normalized spacial score (nSPS) is 16.5. The van der Waals surface area contributed by atoms with Crippen LogP contribution in [-0.4, -0.2) is 26.1 Å². The summed E-state index contributed by atoms with van der Waals surface area (Å²) in [5.74, 6) is 0.731. The number of benzene rings is 2. The van der Waals surface area contributed by atoms with Crippen LogP contribution in [0.3, 0.4) is 0 Å². The van der Waals surface area contributed by atoms with E-state index >= 15 is 0 Å². The van der Waals surface area contributed by atoms with Crippen LogP contribution in [0.15, 0.2) is 48.5 Å². The van der Waals surface area contributed by atoms with Crippen LogP contribution < -0.4 is 10.6 Å². The molecule has 0 unspecified atom stereocenters. The van der Waals surface area contributed by atoms with Crippen LogP contribution in [0.4, 0.5) is 11.4 Å². The first-order chi connectivity index (χ1) is 17.6. The highest BCUT2D eigenvalue weighted by Gasteiger charge is 2.41. The van der Waals surface area contributed by atoms with Crippen LogP contribution in [-0.2, 0) is 10.3 Å². The smallest absolute Gasteiger partial charge is 0.221 e. The Morgan fingerprint density at radius 2 is 1.73 bits per heavy atom. The summed E-state index contributed by atoms with van der Waals surface area (Å²) < 4.78 is 1.96. The van der Waals surface area contributed by atoms with E-state index in [1.807, 2.05) is 47.2 Å². The van der Waals surface area contributed by atoms with Crippen LogP contribution in [0.2, 0.25) is 10.0 Å². The van der Waals surface area contributed by atoms with Crippen molar-refractivity contribution in [3.63, 3.8) is 0 Å². The molecule has 1 heterocycles. The summed E-state index contributed by atoms with van der Waals surface area (Å²) in [4.78, 5) is 11.4. The molecule has 4 rings (SSSR count). The highest BCUT2D eigenvalue weighted by atomic mass is 35.5. The minimum atomic E-state index is -0.410. The van der Waals surface area contributed by atoms with E-state index in [1.165, 1.54) is 13.3 Å². The molecule has 7 nitrogen and oxygen atoms in total. The van der Waals surface area contributed by atoms with Crippen molar-refractivity contribution in [2.75, 3.05) is 10.6 Å². The first-order valence-corrected chi connectivity index (χ1v) is 13.4. The second-order valence-electron chi connectivity index (χ2n) is 10.8. The predicted molar refractivity (Wildman–Crippen MR) is 151 cm³/mol. The number of hydrogen-bond donors (Lipinski definition) is 2. The minimum absolute atomic E-state index is 0.0928. The Kier molecular flexibility index (Phi) is 8.24. The molecule has 1 aliphatic rings. The zero-order chi connectivity index (χ0) is 26.6. The third-order valence-corrected chi connectivity index (χ3v) is 7.35. The third-order valence-electron chi connectivity index (χ3n) is 6.79. The van der Waals surface area contributed by atoms with Crippen LogP contribution >= 0.6 is 23.2 Å². The number of tetrazole rings is 1. The van der Waals surface area contributed by atoms with Gasteiger partial charge in [-0.1, -0.05) is 81.5 Å². The van der Waals surface area contributed by atoms with Gasteiger partial charge < -0.3 is 10.6 Å². The van der Waals surface area contributed by atoms with Crippen LogP contribution in [0, 0.1) is 5.41 Å². The standard InChI is InChI=1S/C28H34Cl2N6O/c1-19(37)31-22-11-13-23(14-12-22)32-28(16-6-5-7-17-28)26-33-34-35-36(26)25(27(2,3)4)15-9-20-8-10-21(29)18-24(20)30/h8-15,18,25,32H,5-7,16-17H2,1-4H3,(H,31,37)/b15-9+/t25-/m1/s1. The molecule has 2 aromatic carbocycles. The van der Waals surface area contributed by atoms with Crippen LogP contribution in [0.5, 0.6) is 0 Å². The second kappa shape index (κ2) is 11.2. The van der Waals surface area contributed by atoms with Gasteiger partial charge in [0.1, 0.15) is 0 Å². The number of rotatable bonds is 7. The van der Waals surface area contributed by atoms with Gasteiger partial charge in [0.2, 0.25) is 5.91 Å². The molecule has 9 heteroatoms. The first kappa shape index (κ1) is 27.1. The largest absolute Gasteiger partial charge is 0.373 e. The van der Waals surface area contributed by atoms with E-state index in [-0.39, 0.29) is 17.4 Å². The molecule has 1 aromatic heterocycles. The zero-order valence-corrected chi connectivity index (χ0v) is 23.3. The van der Waals surface area contributed by atoms with Crippen LogP contribution in [0.25, 0.3) is 6.08 Å². The van der Waals surface area contributed by atoms with Gasteiger partial charge in [0, 0.05) is 28.3 Å². The van der Waals surface area contributed by atoms with Gasteiger partial charge >= 0.3 is 0 Å². The van der Waals surface area contributed by atoms with Crippen molar-refractivity contribution < 1.29 is 4.79 Å². The maximum atomic E-state index is 11.4. The average molecular weight is 542 g/mol. The van der Waals surface area contributed by atoms with Crippen molar-refractivity contribution in [1.82, 2.24) is 20.2 Å². The van der Waals surface area contributed by atoms with E-state index in [2.05, 4.69) is 53.0 Å². The van der Waals surface area contributed by atoms with Gasteiger partial charge in [0.25, 0.3) is 0 Å². The molecule has 2 N–H and O–H groups in total. The van der Waals surface area contributed by atoms with Crippen molar-refractivity contribution >= 4 is 46.6 Å². The number of anilines is 2. The van der Waals surface area contributed by atoms with Gasteiger partial charge in [0.15, 0.2) is 5.82 Å². The lowest BCUT2D eigenvalue weighted by Crippen LogP contribution is -2.42. The SMILES string of the molecule is CC(=O)Nc1ccc(NC2(c3nnnn3[C@H](/C=C/c3ccc(Cl)cc3Cl)C(C)(C)C)CCCCC2)cc1. The van der Waals surface area contributed by atoms with Crippen LogP contribution in [0.1, 0.15) is 77.2 Å². The summed E-state index contributed by atoms with van der Waals surface area (Å²) >= 11 is 12.5. The van der Waals surface area contributed by atoms with Crippen molar-refractivity contribution in [2.45, 2.75) is 71.4 Å². The number of amides is 1. The lowest BCUT2D eigenvalue weighted by atomic mass is 9.79. The summed E-state index contributed by atoms with van der Waals surface area (Å²) in [6, 6.07) is 13.1. The monoisotopic (exact) mass is 540 g/mol. The molecule has 1 saturated carbocycles. The number of carbonyl (C=O) groups excluding carboxylic acids is 1. The Morgan fingerprint density at radius 3 is 2.35 bits per heavy atom. The van der Waals surface area contributed by atoms with E-state index in [4.69, 9.17) is 23.2 Å². The number of nitrogens with zero attached hydrogens (tertiary/aromatic N) is 4. The van der Waals surface area contributed by atoms with Gasteiger partial charge in [-0.25, -0.2) is 4.68 Å². The number of aromatic nitrogens is 4. The molecule has 3 aromatic rings. The number of hydrogen-bond acceptors (Lipinski definition) is 5. The van der Waals surface area contributed by atoms with E-state index in [1.54, 1.807) is 6.07 Å². The Bertz CT molecular complexity index is 1260. The average Bonchev–Trinajstić information content (AvgIpc) is 3.31. The topological polar surface area (TPSA) is 84.7 Å². The molecule has 0 saturated heterocycles. The van der Waals surface area contributed by atoms with Gasteiger partial charge in [0.05, 0.1) is 11.6 Å². The Labute approximate surface area is 228 Å². The molecule has 0 aliphatic heterocycles. The highest BCUT2D eigenvalue weighted by molar-refractivity contribution is 6.35. The number of carbonyl (C=O) groups is 1. The fourth-order valence-corrected chi connectivity index (χ4v) is 5.41. The van der Waals surface area contributed by atoms with E-state index < -0.39 is 5.54 Å². The van der Waals surface area contributed by atoms with Gasteiger partial charge in [-0.05, 0) is 70.6 Å². The maximum absolute atomic E-state index is 11.4. The molecule has 0 spiro atoms. The van der Waals surface area contributed by atoms with Crippen molar-refractivity contribution in [3.05, 3.63) is 70.0 Å². The predicted octanol–water partition coefficient (Wildman–Crippen LogP) is 7.51. The molecule has 0 bridgehead atoms. The summed E-state index contributed by atoms with van der Waals surface area (Å²) in [7, 11) is 0. The van der Waals surface area contributed by atoms with E-state index in [0.717, 1.165) is 48.4 Å². The van der Waals surface area contributed by atoms with Gasteiger partial charge in [-0.3, -0.25) is 4.79 Å². The third kappa shape index (κ3) is 6.51. The summed E-state index contributed by atoms with van der Waals surface area (Å²) in [6.45, 7) is 8.04.